The predicted molar refractivity (Wildman–Crippen MR) is 141 cm³/mol. The van der Waals surface area contributed by atoms with E-state index in [2.05, 4.69) is 20.5 Å². The van der Waals surface area contributed by atoms with Gasteiger partial charge in [-0.2, -0.15) is 27.1 Å². The van der Waals surface area contributed by atoms with Gasteiger partial charge in [-0.3, -0.25) is 9.11 Å². The topological polar surface area (TPSA) is 204 Å². The molecule has 0 heterocycles. The van der Waals surface area contributed by atoms with Crippen LogP contribution in [-0.4, -0.2) is 25.9 Å². The Bertz CT molecular complexity index is 2070. The Morgan fingerprint density at radius 1 is 0.524 bits per heavy atom. The average Bonchev–Trinajstić information content (AvgIpc) is 2.90. The molecule has 0 amide bonds. The first-order valence-electron chi connectivity index (χ1n) is 11.3. The average molecular weight is 623 g/mol. The molecule has 16 heteroatoms. The zero-order chi connectivity index (χ0) is 28.7. The van der Waals surface area contributed by atoms with E-state index >= 15 is 0 Å². The summed E-state index contributed by atoms with van der Waals surface area (Å²) in [5.41, 5.74) is -0.101. The van der Waals surface area contributed by atoms with Crippen LogP contribution in [-0.2, 0) is 20.2 Å². The summed E-state index contributed by atoms with van der Waals surface area (Å²) in [6.07, 6.45) is 0. The molecule has 0 aliphatic carbocycles. The maximum absolute atomic E-state index is 12.4. The van der Waals surface area contributed by atoms with Crippen molar-refractivity contribution < 1.29 is 95.3 Å². The SMILES string of the molecule is O=S(=O)(O)c1ccc2cccc(N=Nc3cc(N=Nc4ccc(S(=O)(=O)O)c5ccccc45)c([O-])cc3[O-])c2c1.[Na+].[Na+]. The third-order valence-corrected chi connectivity index (χ3v) is 7.60. The van der Waals surface area contributed by atoms with Gasteiger partial charge in [-0.05, 0) is 41.8 Å². The molecule has 0 bridgehead atoms. The summed E-state index contributed by atoms with van der Waals surface area (Å²) in [6.45, 7) is 0. The molecule has 2 N–H and O–H groups in total. The van der Waals surface area contributed by atoms with E-state index < -0.39 is 31.7 Å². The number of rotatable bonds is 6. The standard InChI is InChI=1S/C26H18N4O8S2.2Na/c31-24-14-25(32)23(30-28-21-10-11-26(40(36,37)38)18-6-2-1-5-17(18)21)13-22(24)29-27-20-7-3-4-15-8-9-16(12-19(15)20)39(33,34)35;;/h1-14,31-32H,(H,33,34,35)(H,36,37,38);;/q;2*+1/p-2. The first kappa shape index (κ1) is 33.7. The zero-order valence-electron chi connectivity index (χ0n) is 22.0. The van der Waals surface area contributed by atoms with Crippen molar-refractivity contribution in [2.75, 3.05) is 0 Å². The summed E-state index contributed by atoms with van der Waals surface area (Å²) in [7, 11) is -8.98. The molecule has 5 rings (SSSR count). The number of fused-ring (bicyclic) bond motifs is 2. The van der Waals surface area contributed by atoms with Crippen LogP contribution in [0.15, 0.2) is 115 Å². The number of nitrogens with zero attached hydrogens (tertiary/aromatic N) is 4. The second kappa shape index (κ2) is 13.3. The minimum absolute atomic E-state index is 0. The van der Waals surface area contributed by atoms with Gasteiger partial charge in [0.15, 0.2) is 0 Å². The van der Waals surface area contributed by atoms with Crippen LogP contribution in [0.5, 0.6) is 11.5 Å². The second-order valence-corrected chi connectivity index (χ2v) is 11.2. The normalized spacial score (nSPS) is 12.0. The minimum Gasteiger partial charge on any atom is -0.871 e. The summed E-state index contributed by atoms with van der Waals surface area (Å²) in [6, 6.07) is 19.4. The van der Waals surface area contributed by atoms with Crippen molar-refractivity contribution in [3.63, 3.8) is 0 Å². The van der Waals surface area contributed by atoms with Crippen LogP contribution >= 0.6 is 0 Å². The summed E-state index contributed by atoms with van der Waals surface area (Å²) in [5.74, 6) is -1.48. The molecule has 5 aromatic rings. The number of benzene rings is 5. The van der Waals surface area contributed by atoms with Crippen molar-refractivity contribution in [2.24, 2.45) is 20.5 Å². The molecule has 0 fully saturated rings. The van der Waals surface area contributed by atoms with Crippen LogP contribution < -0.4 is 69.3 Å². The van der Waals surface area contributed by atoms with Crippen molar-refractivity contribution >= 4 is 64.5 Å². The Kier molecular flexibility index (Phi) is 10.7. The van der Waals surface area contributed by atoms with E-state index in [1.54, 1.807) is 30.3 Å². The van der Waals surface area contributed by atoms with Crippen molar-refractivity contribution in [3.05, 3.63) is 84.9 Å². The molecular weight excluding hydrogens is 606 g/mol. The van der Waals surface area contributed by atoms with Gasteiger partial charge in [0.1, 0.15) is 4.90 Å². The molecule has 0 aliphatic rings. The number of azo groups is 2. The van der Waals surface area contributed by atoms with Gasteiger partial charge in [0.2, 0.25) is 0 Å². The summed E-state index contributed by atoms with van der Waals surface area (Å²) >= 11 is 0. The summed E-state index contributed by atoms with van der Waals surface area (Å²) in [4.78, 5) is -0.662. The van der Waals surface area contributed by atoms with Crippen molar-refractivity contribution in [1.29, 1.82) is 0 Å². The van der Waals surface area contributed by atoms with Crippen LogP contribution in [0.4, 0.5) is 22.7 Å². The molecule has 5 aromatic carbocycles. The number of hydrogen-bond donors (Lipinski definition) is 2. The van der Waals surface area contributed by atoms with Crippen LogP contribution in [0.2, 0.25) is 0 Å². The molecule has 0 spiro atoms. The Balaban J connectivity index is 0.00000242. The van der Waals surface area contributed by atoms with Crippen LogP contribution in [0.3, 0.4) is 0 Å². The van der Waals surface area contributed by atoms with Gasteiger partial charge in [-0.1, -0.05) is 60.0 Å². The van der Waals surface area contributed by atoms with Gasteiger partial charge in [0, 0.05) is 16.2 Å². The van der Waals surface area contributed by atoms with Crippen LogP contribution in [0, 0.1) is 0 Å². The third-order valence-electron chi connectivity index (χ3n) is 5.84. The third kappa shape index (κ3) is 7.23. The first-order chi connectivity index (χ1) is 18.9. The fourth-order valence-electron chi connectivity index (χ4n) is 3.96. The van der Waals surface area contributed by atoms with E-state index in [4.69, 9.17) is 0 Å². The van der Waals surface area contributed by atoms with E-state index in [9.17, 15) is 36.2 Å². The van der Waals surface area contributed by atoms with Crippen molar-refractivity contribution in [1.82, 2.24) is 0 Å². The monoisotopic (exact) mass is 622 g/mol. The Hall–Kier alpha value is -2.76. The van der Waals surface area contributed by atoms with Gasteiger partial charge in [-0.15, -0.1) is 10.2 Å². The molecule has 12 nitrogen and oxygen atoms in total. The van der Waals surface area contributed by atoms with E-state index in [1.807, 2.05) is 0 Å². The smallest absolute Gasteiger partial charge is 0.871 e. The van der Waals surface area contributed by atoms with Crippen LogP contribution in [0.1, 0.15) is 0 Å². The van der Waals surface area contributed by atoms with Crippen molar-refractivity contribution in [2.45, 2.75) is 9.79 Å². The maximum Gasteiger partial charge on any atom is 1.00 e. The molecule has 202 valence electrons. The van der Waals surface area contributed by atoms with Gasteiger partial charge < -0.3 is 10.2 Å². The quantitative estimate of drug-likeness (QED) is 0.143. The fourth-order valence-corrected chi connectivity index (χ4v) is 5.16. The summed E-state index contributed by atoms with van der Waals surface area (Å²) in [5, 5.41) is 42.3. The maximum atomic E-state index is 12.4. The van der Waals surface area contributed by atoms with Crippen LogP contribution in [0.25, 0.3) is 21.5 Å². The Morgan fingerprint density at radius 2 is 1.10 bits per heavy atom. The second-order valence-electron chi connectivity index (χ2n) is 8.43. The zero-order valence-corrected chi connectivity index (χ0v) is 27.7. The molecule has 0 atom stereocenters. The molecule has 42 heavy (non-hydrogen) atoms. The van der Waals surface area contributed by atoms with Crippen molar-refractivity contribution in [3.8, 4) is 11.5 Å². The van der Waals surface area contributed by atoms with E-state index in [0.29, 0.717) is 16.2 Å². The molecular formula is C26H16N4Na2O8S2. The summed E-state index contributed by atoms with van der Waals surface area (Å²) < 4.78 is 65.4. The van der Waals surface area contributed by atoms with Gasteiger partial charge in [0.25, 0.3) is 20.2 Å². The molecule has 0 saturated heterocycles. The molecule has 0 aliphatic heterocycles. The first-order valence-corrected chi connectivity index (χ1v) is 14.1. The minimum atomic E-state index is -4.51. The molecule has 0 saturated carbocycles. The van der Waals surface area contributed by atoms with E-state index in [1.165, 1.54) is 36.4 Å². The molecule has 0 radical (unpaired) electrons. The fraction of sp³-hybridized carbons (Fsp3) is 0. The molecule has 0 unspecified atom stereocenters. The van der Waals surface area contributed by atoms with Gasteiger partial charge in [0.05, 0.1) is 27.6 Å². The van der Waals surface area contributed by atoms with E-state index in [0.717, 1.165) is 18.2 Å². The van der Waals surface area contributed by atoms with E-state index in [-0.39, 0.29) is 97.0 Å². The predicted octanol–water partition coefficient (Wildman–Crippen LogP) is -0.528. The Labute approximate surface area is 283 Å². The largest absolute Gasteiger partial charge is 1.00 e. The molecule has 0 aromatic heterocycles. The Morgan fingerprint density at radius 3 is 1.69 bits per heavy atom. The van der Waals surface area contributed by atoms with Gasteiger partial charge >= 0.3 is 59.1 Å². The van der Waals surface area contributed by atoms with Gasteiger partial charge in [-0.25, -0.2) is 0 Å². The number of hydrogen-bond acceptors (Lipinski definition) is 10.